The SMILES string of the molecule is O=Cc1ccc(-c2cccc3ncc(Cl)cc23)o1. The second-order valence-electron chi connectivity index (χ2n) is 3.85. The summed E-state index contributed by atoms with van der Waals surface area (Å²) in [7, 11) is 0. The number of benzene rings is 1. The Labute approximate surface area is 108 Å². The molecule has 3 aromatic rings. The van der Waals surface area contributed by atoms with Gasteiger partial charge < -0.3 is 4.42 Å². The van der Waals surface area contributed by atoms with Gasteiger partial charge in [-0.15, -0.1) is 0 Å². The summed E-state index contributed by atoms with van der Waals surface area (Å²) in [5, 5.41) is 1.47. The van der Waals surface area contributed by atoms with Gasteiger partial charge in [0.05, 0.1) is 10.5 Å². The molecule has 3 nitrogen and oxygen atoms in total. The summed E-state index contributed by atoms with van der Waals surface area (Å²) in [6, 6.07) is 10.9. The summed E-state index contributed by atoms with van der Waals surface area (Å²) in [5.41, 5.74) is 1.71. The van der Waals surface area contributed by atoms with Gasteiger partial charge in [-0.2, -0.15) is 0 Å². The molecular weight excluding hydrogens is 250 g/mol. The summed E-state index contributed by atoms with van der Waals surface area (Å²) in [6.07, 6.45) is 2.28. The van der Waals surface area contributed by atoms with Crippen molar-refractivity contribution in [3.8, 4) is 11.3 Å². The highest BCUT2D eigenvalue weighted by atomic mass is 35.5. The average molecular weight is 258 g/mol. The van der Waals surface area contributed by atoms with Gasteiger partial charge in [-0.1, -0.05) is 23.7 Å². The number of nitrogens with zero attached hydrogens (tertiary/aromatic N) is 1. The third-order valence-corrected chi connectivity index (χ3v) is 2.91. The zero-order chi connectivity index (χ0) is 12.5. The van der Waals surface area contributed by atoms with Gasteiger partial charge in [-0.25, -0.2) is 0 Å². The first kappa shape index (κ1) is 11.0. The Bertz CT molecular complexity index is 733. The van der Waals surface area contributed by atoms with Crippen LogP contribution in [-0.2, 0) is 0 Å². The van der Waals surface area contributed by atoms with E-state index in [1.807, 2.05) is 24.3 Å². The smallest absolute Gasteiger partial charge is 0.185 e. The van der Waals surface area contributed by atoms with Crippen LogP contribution >= 0.6 is 11.6 Å². The van der Waals surface area contributed by atoms with E-state index in [0.717, 1.165) is 16.5 Å². The fourth-order valence-electron chi connectivity index (χ4n) is 1.90. The standard InChI is InChI=1S/C14H8ClNO2/c15-9-6-12-11(2-1-3-13(12)16-7-9)14-5-4-10(8-17)18-14/h1-8H. The van der Waals surface area contributed by atoms with E-state index < -0.39 is 0 Å². The van der Waals surface area contributed by atoms with Gasteiger partial charge in [0.15, 0.2) is 12.0 Å². The average Bonchev–Trinajstić information content (AvgIpc) is 2.86. The molecule has 0 amide bonds. The third kappa shape index (κ3) is 1.79. The molecular formula is C14H8ClNO2. The van der Waals surface area contributed by atoms with Gasteiger partial charge in [0.25, 0.3) is 0 Å². The van der Waals surface area contributed by atoms with E-state index >= 15 is 0 Å². The van der Waals surface area contributed by atoms with Gasteiger partial charge in [0.1, 0.15) is 5.76 Å². The molecule has 1 aromatic carbocycles. The summed E-state index contributed by atoms with van der Waals surface area (Å²) in [5.74, 6) is 0.934. The van der Waals surface area contributed by atoms with Gasteiger partial charge >= 0.3 is 0 Å². The maximum Gasteiger partial charge on any atom is 0.185 e. The van der Waals surface area contributed by atoms with Gasteiger partial charge in [-0.05, 0) is 24.3 Å². The van der Waals surface area contributed by atoms with E-state index in [9.17, 15) is 4.79 Å². The number of carbonyl (C=O) groups excluding carboxylic acids is 1. The Morgan fingerprint density at radius 2 is 2.11 bits per heavy atom. The molecule has 2 aromatic heterocycles. The lowest BCUT2D eigenvalue weighted by Gasteiger charge is -2.03. The number of hydrogen-bond acceptors (Lipinski definition) is 3. The summed E-state index contributed by atoms with van der Waals surface area (Å²) >= 11 is 5.96. The summed E-state index contributed by atoms with van der Waals surface area (Å²) in [4.78, 5) is 14.9. The molecule has 0 aliphatic heterocycles. The van der Waals surface area contributed by atoms with Crippen LogP contribution in [0.4, 0.5) is 0 Å². The molecule has 0 atom stereocenters. The second kappa shape index (κ2) is 4.27. The van der Waals surface area contributed by atoms with Crippen molar-refractivity contribution in [3.63, 3.8) is 0 Å². The van der Waals surface area contributed by atoms with Crippen molar-refractivity contribution in [2.75, 3.05) is 0 Å². The van der Waals surface area contributed by atoms with Gasteiger partial charge in [0, 0.05) is 17.1 Å². The van der Waals surface area contributed by atoms with Crippen LogP contribution in [0.15, 0.2) is 47.0 Å². The molecule has 0 radical (unpaired) electrons. The maximum atomic E-state index is 10.6. The van der Waals surface area contributed by atoms with Crippen LogP contribution in [0.2, 0.25) is 5.02 Å². The van der Waals surface area contributed by atoms with Gasteiger partial charge in [-0.3, -0.25) is 9.78 Å². The molecule has 4 heteroatoms. The molecule has 0 saturated carbocycles. The van der Waals surface area contributed by atoms with Crippen LogP contribution in [0, 0.1) is 0 Å². The first-order chi connectivity index (χ1) is 8.78. The van der Waals surface area contributed by atoms with E-state index in [2.05, 4.69) is 4.98 Å². The number of carbonyl (C=O) groups is 1. The largest absolute Gasteiger partial charge is 0.453 e. The molecule has 0 fully saturated rings. The number of aldehydes is 1. The molecule has 0 aliphatic carbocycles. The van der Waals surface area contributed by atoms with Crippen LogP contribution < -0.4 is 0 Å². The van der Waals surface area contributed by atoms with E-state index in [1.165, 1.54) is 0 Å². The number of pyridine rings is 1. The molecule has 0 N–H and O–H groups in total. The fraction of sp³-hybridized carbons (Fsp3) is 0. The highest BCUT2D eigenvalue weighted by Crippen LogP contribution is 2.30. The highest BCUT2D eigenvalue weighted by molar-refractivity contribution is 6.31. The Balaban J connectivity index is 2.27. The van der Waals surface area contributed by atoms with Crippen molar-refractivity contribution in [3.05, 3.63) is 53.4 Å². The first-order valence-corrected chi connectivity index (χ1v) is 5.75. The lowest BCUT2D eigenvalue weighted by molar-refractivity contribution is 0.110. The molecule has 0 saturated heterocycles. The minimum absolute atomic E-state index is 0.303. The Morgan fingerprint density at radius 1 is 1.22 bits per heavy atom. The van der Waals surface area contributed by atoms with Crippen molar-refractivity contribution in [1.82, 2.24) is 4.98 Å². The van der Waals surface area contributed by atoms with E-state index in [1.54, 1.807) is 18.3 Å². The quantitative estimate of drug-likeness (QED) is 0.653. The number of hydrogen-bond donors (Lipinski definition) is 0. The van der Waals surface area contributed by atoms with E-state index in [4.69, 9.17) is 16.0 Å². The fourth-order valence-corrected chi connectivity index (χ4v) is 2.06. The molecule has 3 rings (SSSR count). The summed E-state index contributed by atoms with van der Waals surface area (Å²) in [6.45, 7) is 0. The first-order valence-electron chi connectivity index (χ1n) is 5.37. The number of fused-ring (bicyclic) bond motifs is 1. The number of furan rings is 1. The van der Waals surface area contributed by atoms with Crippen molar-refractivity contribution in [2.24, 2.45) is 0 Å². The molecule has 0 spiro atoms. The Kier molecular flexibility index (Phi) is 2.61. The number of rotatable bonds is 2. The van der Waals surface area contributed by atoms with Crippen LogP contribution in [0.25, 0.3) is 22.2 Å². The number of aromatic nitrogens is 1. The Morgan fingerprint density at radius 3 is 2.89 bits per heavy atom. The molecule has 2 heterocycles. The van der Waals surface area contributed by atoms with Crippen molar-refractivity contribution >= 4 is 28.8 Å². The van der Waals surface area contributed by atoms with Crippen molar-refractivity contribution < 1.29 is 9.21 Å². The van der Waals surface area contributed by atoms with Crippen LogP contribution in [0.3, 0.4) is 0 Å². The molecule has 0 unspecified atom stereocenters. The molecule has 0 aliphatic rings. The van der Waals surface area contributed by atoms with Gasteiger partial charge in [0.2, 0.25) is 0 Å². The zero-order valence-electron chi connectivity index (χ0n) is 9.26. The topological polar surface area (TPSA) is 43.1 Å². The monoisotopic (exact) mass is 257 g/mol. The lowest BCUT2D eigenvalue weighted by atomic mass is 10.1. The van der Waals surface area contributed by atoms with Crippen molar-refractivity contribution in [2.45, 2.75) is 0 Å². The lowest BCUT2D eigenvalue weighted by Crippen LogP contribution is -1.82. The molecule has 0 bridgehead atoms. The minimum atomic E-state index is 0.303. The normalized spacial score (nSPS) is 10.7. The van der Waals surface area contributed by atoms with Crippen LogP contribution in [-0.4, -0.2) is 11.3 Å². The van der Waals surface area contributed by atoms with E-state index in [0.29, 0.717) is 22.8 Å². The maximum absolute atomic E-state index is 10.6. The van der Waals surface area contributed by atoms with Crippen LogP contribution in [0.5, 0.6) is 0 Å². The zero-order valence-corrected chi connectivity index (χ0v) is 10.0. The predicted octanol–water partition coefficient (Wildman–Crippen LogP) is 3.96. The van der Waals surface area contributed by atoms with Crippen LogP contribution in [0.1, 0.15) is 10.6 Å². The second-order valence-corrected chi connectivity index (χ2v) is 4.28. The Hall–Kier alpha value is -2.13. The summed E-state index contributed by atoms with van der Waals surface area (Å²) < 4.78 is 5.43. The minimum Gasteiger partial charge on any atom is -0.453 e. The predicted molar refractivity (Wildman–Crippen MR) is 69.8 cm³/mol. The van der Waals surface area contributed by atoms with Crippen molar-refractivity contribution in [1.29, 1.82) is 0 Å². The number of halogens is 1. The van der Waals surface area contributed by atoms with E-state index in [-0.39, 0.29) is 0 Å². The third-order valence-electron chi connectivity index (χ3n) is 2.70. The molecule has 88 valence electrons. The molecule has 18 heavy (non-hydrogen) atoms. The highest BCUT2D eigenvalue weighted by Gasteiger charge is 2.09.